The summed E-state index contributed by atoms with van der Waals surface area (Å²) in [4.78, 5) is 25.1. The van der Waals surface area contributed by atoms with Crippen LogP contribution in [0.25, 0.3) is 11.1 Å². The van der Waals surface area contributed by atoms with Crippen molar-refractivity contribution in [2.45, 2.75) is 17.4 Å². The van der Waals surface area contributed by atoms with Gasteiger partial charge < -0.3 is 15.8 Å². The Kier molecular flexibility index (Phi) is 7.44. The van der Waals surface area contributed by atoms with Crippen molar-refractivity contribution < 1.29 is 22.7 Å². The highest BCUT2D eigenvalue weighted by atomic mass is 32.2. The molecule has 0 aliphatic carbocycles. The fourth-order valence-electron chi connectivity index (χ4n) is 3.43. The standard InChI is InChI=1S/C24H24N4O5S/c1-33-24(30)20(14-15-5-4-6-18(13-15)22(25)26)28-23(29)17-11-9-16(10-12-17)19-7-2-3-8-21(19)34(27,31)32/h2-13,20H,14H2,1H3,(H3,25,26)(H,28,29)(H2,27,31,32)/t20-/m0/s1. The number of nitrogens with two attached hydrogens (primary N) is 2. The molecule has 0 aliphatic rings. The molecule has 176 valence electrons. The Balaban J connectivity index is 1.81. The highest BCUT2D eigenvalue weighted by molar-refractivity contribution is 7.89. The van der Waals surface area contributed by atoms with E-state index in [1.54, 1.807) is 54.6 Å². The Morgan fingerprint density at radius 3 is 2.29 bits per heavy atom. The lowest BCUT2D eigenvalue weighted by molar-refractivity contribution is -0.142. The van der Waals surface area contributed by atoms with Gasteiger partial charge in [0, 0.05) is 23.1 Å². The maximum atomic E-state index is 12.8. The summed E-state index contributed by atoms with van der Waals surface area (Å²) < 4.78 is 28.6. The molecule has 34 heavy (non-hydrogen) atoms. The molecule has 3 rings (SSSR count). The van der Waals surface area contributed by atoms with E-state index in [9.17, 15) is 18.0 Å². The van der Waals surface area contributed by atoms with Crippen LogP contribution in [0.2, 0.25) is 0 Å². The predicted molar refractivity (Wildman–Crippen MR) is 128 cm³/mol. The second-order valence-corrected chi connectivity index (χ2v) is 9.02. The molecule has 0 radical (unpaired) electrons. The van der Waals surface area contributed by atoms with Gasteiger partial charge in [0.25, 0.3) is 5.91 Å². The number of sulfonamides is 1. The van der Waals surface area contributed by atoms with E-state index in [-0.39, 0.29) is 22.7 Å². The molecule has 0 heterocycles. The third-order valence-electron chi connectivity index (χ3n) is 5.12. The lowest BCUT2D eigenvalue weighted by Gasteiger charge is -2.17. The summed E-state index contributed by atoms with van der Waals surface area (Å²) >= 11 is 0. The van der Waals surface area contributed by atoms with E-state index in [2.05, 4.69) is 5.32 Å². The minimum absolute atomic E-state index is 0.0225. The Labute approximate surface area is 197 Å². The molecule has 1 atom stereocenters. The molecule has 0 saturated heterocycles. The number of amidine groups is 1. The first kappa shape index (κ1) is 24.6. The van der Waals surface area contributed by atoms with Gasteiger partial charge in [-0.15, -0.1) is 0 Å². The molecule has 0 aliphatic heterocycles. The zero-order chi connectivity index (χ0) is 24.9. The van der Waals surface area contributed by atoms with E-state index in [0.29, 0.717) is 22.3 Å². The lowest BCUT2D eigenvalue weighted by Crippen LogP contribution is -2.43. The van der Waals surface area contributed by atoms with E-state index in [1.807, 2.05) is 0 Å². The maximum Gasteiger partial charge on any atom is 0.328 e. The number of benzene rings is 3. The molecule has 0 unspecified atom stereocenters. The number of hydrogen-bond donors (Lipinski definition) is 4. The van der Waals surface area contributed by atoms with Crippen LogP contribution in [0, 0.1) is 5.41 Å². The van der Waals surface area contributed by atoms with Crippen LogP contribution in [-0.4, -0.2) is 39.3 Å². The van der Waals surface area contributed by atoms with E-state index < -0.39 is 27.9 Å². The third kappa shape index (κ3) is 5.85. The number of primary sulfonamides is 1. The Morgan fingerprint density at radius 1 is 1.00 bits per heavy atom. The number of ether oxygens (including phenoxy) is 1. The molecule has 0 saturated carbocycles. The van der Waals surface area contributed by atoms with Gasteiger partial charge in [-0.25, -0.2) is 18.4 Å². The number of carbonyl (C=O) groups excluding carboxylic acids is 2. The molecule has 3 aromatic carbocycles. The maximum absolute atomic E-state index is 12.8. The van der Waals surface area contributed by atoms with E-state index in [1.165, 1.54) is 25.3 Å². The molecule has 6 N–H and O–H groups in total. The van der Waals surface area contributed by atoms with Gasteiger partial charge in [0.2, 0.25) is 10.0 Å². The predicted octanol–water partition coefficient (Wildman–Crippen LogP) is 1.80. The SMILES string of the molecule is COC(=O)[C@H](Cc1cccc(C(=N)N)c1)NC(=O)c1ccc(-c2ccccc2S(N)(=O)=O)cc1. The van der Waals surface area contributed by atoms with Crippen molar-refractivity contribution in [1.29, 1.82) is 5.41 Å². The van der Waals surface area contributed by atoms with Crippen molar-refractivity contribution in [2.75, 3.05) is 7.11 Å². The highest BCUT2D eigenvalue weighted by Crippen LogP contribution is 2.26. The average molecular weight is 481 g/mol. The van der Waals surface area contributed by atoms with Crippen molar-refractivity contribution in [3.05, 3.63) is 89.5 Å². The number of methoxy groups -OCH3 is 1. The number of hydrogen-bond acceptors (Lipinski definition) is 6. The summed E-state index contributed by atoms with van der Waals surface area (Å²) in [5.74, 6) is -1.24. The normalized spacial score (nSPS) is 11.9. The summed E-state index contributed by atoms with van der Waals surface area (Å²) in [6.07, 6.45) is 0.138. The van der Waals surface area contributed by atoms with Crippen molar-refractivity contribution in [1.82, 2.24) is 5.32 Å². The quantitative estimate of drug-likeness (QED) is 0.218. The molecule has 0 bridgehead atoms. The molecule has 0 fully saturated rings. The zero-order valence-electron chi connectivity index (χ0n) is 18.3. The van der Waals surface area contributed by atoms with Gasteiger partial charge >= 0.3 is 5.97 Å². The summed E-state index contributed by atoms with van der Waals surface area (Å²) in [6, 6.07) is 18.4. The summed E-state index contributed by atoms with van der Waals surface area (Å²) in [5, 5.41) is 15.5. The van der Waals surface area contributed by atoms with Crippen molar-refractivity contribution >= 4 is 27.7 Å². The van der Waals surface area contributed by atoms with E-state index in [4.69, 9.17) is 21.0 Å². The van der Waals surface area contributed by atoms with Gasteiger partial charge in [-0.05, 0) is 35.4 Å². The van der Waals surface area contributed by atoms with Crippen LogP contribution in [-0.2, 0) is 26.0 Å². The zero-order valence-corrected chi connectivity index (χ0v) is 19.1. The first-order chi connectivity index (χ1) is 16.1. The molecule has 9 nitrogen and oxygen atoms in total. The third-order valence-corrected chi connectivity index (χ3v) is 6.09. The van der Waals surface area contributed by atoms with Crippen LogP contribution in [0.5, 0.6) is 0 Å². The van der Waals surface area contributed by atoms with Crippen LogP contribution in [0.3, 0.4) is 0 Å². The number of carbonyl (C=O) groups is 2. The Hall–Kier alpha value is -4.02. The molecule has 0 aromatic heterocycles. The number of nitrogen functional groups attached to an aromatic ring is 1. The first-order valence-corrected chi connectivity index (χ1v) is 11.7. The summed E-state index contributed by atoms with van der Waals surface area (Å²) in [6.45, 7) is 0. The Morgan fingerprint density at radius 2 is 1.68 bits per heavy atom. The van der Waals surface area contributed by atoms with Crippen LogP contribution < -0.4 is 16.2 Å². The second-order valence-electron chi connectivity index (χ2n) is 7.49. The van der Waals surface area contributed by atoms with Gasteiger partial charge in [0.15, 0.2) is 0 Å². The van der Waals surface area contributed by atoms with Crippen molar-refractivity contribution in [3.8, 4) is 11.1 Å². The summed E-state index contributed by atoms with van der Waals surface area (Å²) in [7, 11) is -2.70. The van der Waals surface area contributed by atoms with Crippen LogP contribution in [0.1, 0.15) is 21.5 Å². The fourth-order valence-corrected chi connectivity index (χ4v) is 4.19. The molecule has 0 spiro atoms. The summed E-state index contributed by atoms with van der Waals surface area (Å²) in [5.41, 5.74) is 7.96. The van der Waals surface area contributed by atoms with E-state index in [0.717, 1.165) is 0 Å². The van der Waals surface area contributed by atoms with Crippen LogP contribution >= 0.6 is 0 Å². The van der Waals surface area contributed by atoms with Crippen LogP contribution in [0.15, 0.2) is 77.7 Å². The van der Waals surface area contributed by atoms with E-state index >= 15 is 0 Å². The topological polar surface area (TPSA) is 165 Å². The first-order valence-electron chi connectivity index (χ1n) is 10.1. The van der Waals surface area contributed by atoms with Gasteiger partial charge in [0.1, 0.15) is 11.9 Å². The molecular formula is C24H24N4O5S. The largest absolute Gasteiger partial charge is 0.467 e. The average Bonchev–Trinajstić information content (AvgIpc) is 2.82. The van der Waals surface area contributed by atoms with Crippen LogP contribution in [0.4, 0.5) is 0 Å². The molecule has 3 aromatic rings. The van der Waals surface area contributed by atoms with Gasteiger partial charge in [-0.1, -0.05) is 48.5 Å². The Bertz CT molecular complexity index is 1340. The highest BCUT2D eigenvalue weighted by Gasteiger charge is 2.23. The smallest absolute Gasteiger partial charge is 0.328 e. The lowest BCUT2D eigenvalue weighted by atomic mass is 10.0. The van der Waals surface area contributed by atoms with Crippen molar-refractivity contribution in [2.24, 2.45) is 10.9 Å². The van der Waals surface area contributed by atoms with Gasteiger partial charge in [-0.3, -0.25) is 10.2 Å². The molecule has 10 heteroatoms. The van der Waals surface area contributed by atoms with Crippen molar-refractivity contribution in [3.63, 3.8) is 0 Å². The fraction of sp³-hybridized carbons (Fsp3) is 0.125. The molecule has 1 amide bonds. The minimum Gasteiger partial charge on any atom is -0.467 e. The number of rotatable bonds is 8. The van der Waals surface area contributed by atoms with Gasteiger partial charge in [-0.2, -0.15) is 0 Å². The molecular weight excluding hydrogens is 456 g/mol. The number of amides is 1. The van der Waals surface area contributed by atoms with Gasteiger partial charge in [0.05, 0.1) is 12.0 Å². The second kappa shape index (κ2) is 10.3. The number of esters is 1. The monoisotopic (exact) mass is 480 g/mol. The number of nitrogens with one attached hydrogen (secondary N) is 2. The minimum atomic E-state index is -3.93.